The van der Waals surface area contributed by atoms with E-state index in [1.165, 1.54) is 19.6 Å². The third-order valence-corrected chi connectivity index (χ3v) is 5.07. The van der Waals surface area contributed by atoms with Gasteiger partial charge in [0.1, 0.15) is 24.1 Å². The van der Waals surface area contributed by atoms with E-state index in [0.29, 0.717) is 23.5 Å². The van der Waals surface area contributed by atoms with E-state index in [1.54, 1.807) is 4.57 Å². The van der Waals surface area contributed by atoms with E-state index >= 15 is 0 Å². The highest BCUT2D eigenvalue weighted by molar-refractivity contribution is 5.82. The number of fused-ring (bicyclic) bond motifs is 1. The van der Waals surface area contributed by atoms with Crippen LogP contribution in [-0.4, -0.2) is 78.5 Å². The van der Waals surface area contributed by atoms with Crippen LogP contribution in [0.1, 0.15) is 26.0 Å². The Bertz CT molecular complexity index is 775. The second-order valence-corrected chi connectivity index (χ2v) is 6.94. The Hall–Kier alpha value is -1.85. The monoisotopic (exact) mass is 365 g/mol. The van der Waals surface area contributed by atoms with Crippen LogP contribution in [0.15, 0.2) is 12.7 Å². The lowest BCUT2D eigenvalue weighted by atomic mass is 9.96. The second kappa shape index (κ2) is 6.71. The van der Waals surface area contributed by atoms with Crippen LogP contribution in [0.4, 0.5) is 5.82 Å². The van der Waals surface area contributed by atoms with Crippen molar-refractivity contribution in [1.29, 1.82) is 0 Å². The lowest BCUT2D eigenvalue weighted by molar-refractivity contribution is -0.0950. The molecule has 1 unspecified atom stereocenters. The largest absolute Gasteiger partial charge is 0.394 e. The molecule has 0 radical (unpaired) electrons. The molecule has 0 aromatic carbocycles. The summed E-state index contributed by atoms with van der Waals surface area (Å²) in [6, 6.07) is 0. The summed E-state index contributed by atoms with van der Waals surface area (Å²) in [4.78, 5) is 12.8. The summed E-state index contributed by atoms with van der Waals surface area (Å²) in [6.45, 7) is 2.47. The Kier molecular flexibility index (Phi) is 4.53. The second-order valence-electron chi connectivity index (χ2n) is 6.94. The first-order chi connectivity index (χ1) is 12.5. The molecule has 2 fully saturated rings. The molecule has 10 nitrogen and oxygen atoms in total. The van der Waals surface area contributed by atoms with Gasteiger partial charge in [-0.15, -0.1) is 0 Å². The van der Waals surface area contributed by atoms with Crippen molar-refractivity contribution in [3.8, 4) is 0 Å². The maximum absolute atomic E-state index is 10.7. The fraction of sp³-hybridized carbons (Fsp3) is 0.688. The SMILES string of the molecule is C[C@@]1(O)[C@H](O)[C@@H](CO)O[C@H]1n1cnc2c(NCC3CCCO3)ncnc21. The summed E-state index contributed by atoms with van der Waals surface area (Å²) in [5.41, 5.74) is -0.602. The number of aromatic nitrogens is 4. The quantitative estimate of drug-likeness (QED) is 0.549. The highest BCUT2D eigenvalue weighted by atomic mass is 16.6. The van der Waals surface area contributed by atoms with E-state index < -0.39 is 30.6 Å². The molecule has 0 amide bonds. The van der Waals surface area contributed by atoms with E-state index in [-0.39, 0.29) is 6.10 Å². The van der Waals surface area contributed by atoms with Gasteiger partial charge < -0.3 is 30.1 Å². The molecule has 5 atom stereocenters. The minimum atomic E-state index is -1.60. The predicted octanol–water partition coefficient (Wildman–Crippen LogP) is -0.581. The minimum Gasteiger partial charge on any atom is -0.394 e. The van der Waals surface area contributed by atoms with Gasteiger partial charge in [-0.25, -0.2) is 15.0 Å². The molecule has 0 saturated carbocycles. The molecule has 2 aliphatic rings. The molecule has 2 aromatic rings. The van der Waals surface area contributed by atoms with Crippen molar-refractivity contribution < 1.29 is 24.8 Å². The van der Waals surface area contributed by atoms with Gasteiger partial charge in [-0.3, -0.25) is 4.57 Å². The Balaban J connectivity index is 1.62. The smallest absolute Gasteiger partial charge is 0.168 e. The molecule has 2 aliphatic heterocycles. The van der Waals surface area contributed by atoms with Gasteiger partial charge in [0, 0.05) is 13.2 Å². The predicted molar refractivity (Wildman–Crippen MR) is 90.4 cm³/mol. The van der Waals surface area contributed by atoms with Crippen molar-refractivity contribution in [2.24, 2.45) is 0 Å². The van der Waals surface area contributed by atoms with E-state index in [4.69, 9.17) is 9.47 Å². The van der Waals surface area contributed by atoms with Crippen molar-refractivity contribution >= 4 is 17.0 Å². The van der Waals surface area contributed by atoms with Gasteiger partial charge in [-0.2, -0.15) is 0 Å². The van der Waals surface area contributed by atoms with Gasteiger partial charge in [0.25, 0.3) is 0 Å². The summed E-state index contributed by atoms with van der Waals surface area (Å²) in [6.07, 6.45) is 2.07. The van der Waals surface area contributed by atoms with Gasteiger partial charge >= 0.3 is 0 Å². The molecular formula is C16H23N5O5. The Labute approximate surface area is 149 Å². The average molecular weight is 365 g/mol. The molecule has 2 saturated heterocycles. The molecule has 26 heavy (non-hydrogen) atoms. The Morgan fingerprint density at radius 2 is 2.23 bits per heavy atom. The van der Waals surface area contributed by atoms with Gasteiger partial charge in [0.05, 0.1) is 19.0 Å². The Morgan fingerprint density at radius 3 is 2.92 bits per heavy atom. The van der Waals surface area contributed by atoms with Crippen LogP contribution < -0.4 is 5.32 Å². The maximum atomic E-state index is 10.7. The van der Waals surface area contributed by atoms with Crippen molar-refractivity contribution in [2.75, 3.05) is 25.1 Å². The number of aliphatic hydroxyl groups excluding tert-OH is 2. The number of anilines is 1. The molecule has 4 N–H and O–H groups in total. The third kappa shape index (κ3) is 2.83. The zero-order chi connectivity index (χ0) is 18.3. The zero-order valence-electron chi connectivity index (χ0n) is 14.4. The first kappa shape index (κ1) is 17.6. The number of hydrogen-bond donors (Lipinski definition) is 4. The highest BCUT2D eigenvalue weighted by Gasteiger charge is 2.53. The molecule has 142 valence electrons. The topological polar surface area (TPSA) is 135 Å². The average Bonchev–Trinajstić information content (AvgIpc) is 3.34. The number of imidazole rings is 1. The molecule has 10 heteroatoms. The number of hydrogen-bond acceptors (Lipinski definition) is 9. The first-order valence-electron chi connectivity index (χ1n) is 8.72. The number of rotatable bonds is 5. The molecule has 2 aromatic heterocycles. The van der Waals surface area contributed by atoms with Crippen LogP contribution in [0.3, 0.4) is 0 Å². The lowest BCUT2D eigenvalue weighted by Gasteiger charge is -2.27. The standard InChI is InChI=1S/C16H23N5O5/c1-16(24)12(23)10(6-22)26-15(16)21-8-20-11-13(18-7-19-14(11)21)17-5-9-3-2-4-25-9/h7-10,12,15,22-24H,2-6H2,1H3,(H,17,18,19)/t9?,10-,12-,15-,16-/m1/s1. The fourth-order valence-electron chi connectivity index (χ4n) is 3.56. The van der Waals surface area contributed by atoms with Gasteiger partial charge in [0.2, 0.25) is 0 Å². The lowest BCUT2D eigenvalue weighted by Crippen LogP contribution is -2.44. The summed E-state index contributed by atoms with van der Waals surface area (Å²) in [5, 5.41) is 33.4. The highest BCUT2D eigenvalue weighted by Crippen LogP contribution is 2.39. The number of aliphatic hydroxyl groups is 3. The van der Waals surface area contributed by atoms with Crippen molar-refractivity contribution in [3.63, 3.8) is 0 Å². The van der Waals surface area contributed by atoms with Crippen LogP contribution in [0, 0.1) is 0 Å². The first-order valence-corrected chi connectivity index (χ1v) is 8.72. The van der Waals surface area contributed by atoms with E-state index in [9.17, 15) is 15.3 Å². The van der Waals surface area contributed by atoms with Crippen LogP contribution in [-0.2, 0) is 9.47 Å². The van der Waals surface area contributed by atoms with Crippen LogP contribution in [0.5, 0.6) is 0 Å². The number of ether oxygens (including phenoxy) is 2. The van der Waals surface area contributed by atoms with E-state index in [2.05, 4.69) is 20.3 Å². The normalized spacial score (nSPS) is 34.6. The molecule has 4 rings (SSSR count). The van der Waals surface area contributed by atoms with E-state index in [0.717, 1.165) is 19.4 Å². The minimum absolute atomic E-state index is 0.154. The van der Waals surface area contributed by atoms with Crippen LogP contribution >= 0.6 is 0 Å². The third-order valence-electron chi connectivity index (χ3n) is 5.07. The van der Waals surface area contributed by atoms with Crippen molar-refractivity contribution in [1.82, 2.24) is 19.5 Å². The number of nitrogens with zero attached hydrogens (tertiary/aromatic N) is 4. The van der Waals surface area contributed by atoms with Gasteiger partial charge in [-0.1, -0.05) is 0 Å². The van der Waals surface area contributed by atoms with E-state index in [1.807, 2.05) is 0 Å². The summed E-state index contributed by atoms with van der Waals surface area (Å²) >= 11 is 0. The molecule has 0 spiro atoms. The van der Waals surface area contributed by atoms with Gasteiger partial charge in [-0.05, 0) is 19.8 Å². The van der Waals surface area contributed by atoms with Gasteiger partial charge in [0.15, 0.2) is 23.2 Å². The number of nitrogens with one attached hydrogen (secondary N) is 1. The Morgan fingerprint density at radius 1 is 1.38 bits per heavy atom. The molecule has 0 aliphatic carbocycles. The van der Waals surface area contributed by atoms with Crippen LogP contribution in [0.25, 0.3) is 11.2 Å². The maximum Gasteiger partial charge on any atom is 0.168 e. The zero-order valence-corrected chi connectivity index (χ0v) is 14.4. The molecule has 4 heterocycles. The van der Waals surface area contributed by atoms with Crippen molar-refractivity contribution in [3.05, 3.63) is 12.7 Å². The van der Waals surface area contributed by atoms with Crippen LogP contribution in [0.2, 0.25) is 0 Å². The summed E-state index contributed by atoms with van der Waals surface area (Å²) in [5.74, 6) is 0.571. The molecule has 0 bridgehead atoms. The summed E-state index contributed by atoms with van der Waals surface area (Å²) in [7, 11) is 0. The fourth-order valence-corrected chi connectivity index (χ4v) is 3.56. The molecular weight excluding hydrogens is 342 g/mol. The summed E-state index contributed by atoms with van der Waals surface area (Å²) < 4.78 is 12.8. The van der Waals surface area contributed by atoms with Crippen molar-refractivity contribution in [2.45, 2.75) is 49.9 Å².